The van der Waals surface area contributed by atoms with Crippen molar-refractivity contribution in [2.45, 2.75) is 38.8 Å². The Morgan fingerprint density at radius 2 is 2.13 bits per heavy atom. The van der Waals surface area contributed by atoms with Crippen LogP contribution in [0.15, 0.2) is 0 Å². The lowest BCUT2D eigenvalue weighted by atomic mass is 10.0. The van der Waals surface area contributed by atoms with Crippen LogP contribution in [-0.2, 0) is 14.6 Å². The number of nitrogens with zero attached hydrogens (tertiary/aromatic N) is 1. The van der Waals surface area contributed by atoms with E-state index >= 15 is 0 Å². The van der Waals surface area contributed by atoms with E-state index in [4.69, 9.17) is 0 Å². The Labute approximate surface area is 91.6 Å². The normalized spacial score (nSPS) is 26.6. The van der Waals surface area contributed by atoms with Crippen LogP contribution < -0.4 is 0 Å². The van der Waals surface area contributed by atoms with E-state index in [1.165, 1.54) is 6.26 Å². The van der Waals surface area contributed by atoms with Crippen molar-refractivity contribution in [3.8, 4) is 0 Å². The molecule has 2 unspecified atom stereocenters. The minimum Gasteiger partial charge on any atom is -0.300 e. The number of carbonyl (C=O) groups is 1. The number of Topliss-reactive ketones (excluding diaryl/α,β-unsaturated/α-hetero) is 1. The average molecular weight is 233 g/mol. The van der Waals surface area contributed by atoms with Gasteiger partial charge >= 0.3 is 0 Å². The molecule has 0 aromatic carbocycles. The SMILES string of the molecule is CC1CC(=O)CCN1C(C)CS(C)(=O)=O. The van der Waals surface area contributed by atoms with Crippen LogP contribution in [0.25, 0.3) is 0 Å². The van der Waals surface area contributed by atoms with Crippen LogP contribution in [-0.4, -0.2) is 49.7 Å². The van der Waals surface area contributed by atoms with Crippen molar-refractivity contribution in [2.24, 2.45) is 0 Å². The predicted octanol–water partition coefficient (Wildman–Crippen LogP) is 0.473. The molecule has 0 amide bonds. The Balaban J connectivity index is 2.60. The van der Waals surface area contributed by atoms with Crippen LogP contribution in [0.4, 0.5) is 0 Å². The Morgan fingerprint density at radius 1 is 1.53 bits per heavy atom. The summed E-state index contributed by atoms with van der Waals surface area (Å²) in [6, 6.07) is 0.172. The van der Waals surface area contributed by atoms with E-state index in [-0.39, 0.29) is 23.6 Å². The van der Waals surface area contributed by atoms with Crippen LogP contribution in [0, 0.1) is 0 Å². The van der Waals surface area contributed by atoms with Gasteiger partial charge in [-0.25, -0.2) is 8.42 Å². The van der Waals surface area contributed by atoms with Crippen LogP contribution in [0.1, 0.15) is 26.7 Å². The van der Waals surface area contributed by atoms with Gasteiger partial charge in [0.05, 0.1) is 5.75 Å². The standard InChI is InChI=1S/C10H19NO3S/c1-8-6-10(12)4-5-11(8)9(2)7-15(3,13)14/h8-9H,4-7H2,1-3H3. The third-order valence-corrected chi connectivity index (χ3v) is 3.94. The van der Waals surface area contributed by atoms with Gasteiger partial charge in [0.25, 0.3) is 0 Å². The number of ketones is 1. The van der Waals surface area contributed by atoms with Gasteiger partial charge in [0.2, 0.25) is 0 Å². The summed E-state index contributed by atoms with van der Waals surface area (Å²) in [5.41, 5.74) is 0. The first kappa shape index (κ1) is 12.6. The lowest BCUT2D eigenvalue weighted by Crippen LogP contribution is -2.48. The van der Waals surface area contributed by atoms with Gasteiger partial charge in [-0.15, -0.1) is 0 Å². The van der Waals surface area contributed by atoms with E-state index in [9.17, 15) is 13.2 Å². The lowest BCUT2D eigenvalue weighted by Gasteiger charge is -2.37. The predicted molar refractivity (Wildman–Crippen MR) is 59.6 cm³/mol. The highest BCUT2D eigenvalue weighted by atomic mass is 32.2. The average Bonchev–Trinajstić information content (AvgIpc) is 1.99. The fourth-order valence-corrected chi connectivity index (χ4v) is 3.28. The quantitative estimate of drug-likeness (QED) is 0.711. The van der Waals surface area contributed by atoms with Gasteiger partial charge in [-0.2, -0.15) is 0 Å². The van der Waals surface area contributed by atoms with Gasteiger partial charge in [-0.1, -0.05) is 0 Å². The van der Waals surface area contributed by atoms with E-state index in [0.717, 1.165) is 0 Å². The molecule has 4 nitrogen and oxygen atoms in total. The van der Waals surface area contributed by atoms with Crippen molar-refractivity contribution in [1.82, 2.24) is 4.90 Å². The third-order valence-electron chi connectivity index (χ3n) is 2.85. The molecule has 0 spiro atoms. The maximum absolute atomic E-state index is 11.2. The van der Waals surface area contributed by atoms with Crippen molar-refractivity contribution in [2.75, 3.05) is 18.6 Å². The van der Waals surface area contributed by atoms with Crippen molar-refractivity contribution >= 4 is 15.6 Å². The molecular formula is C10H19NO3S. The number of sulfone groups is 1. The zero-order chi connectivity index (χ0) is 11.6. The first-order valence-electron chi connectivity index (χ1n) is 5.25. The Morgan fingerprint density at radius 3 is 2.60 bits per heavy atom. The number of carbonyl (C=O) groups excluding carboxylic acids is 1. The third kappa shape index (κ3) is 3.91. The van der Waals surface area contributed by atoms with E-state index in [0.29, 0.717) is 19.4 Å². The van der Waals surface area contributed by atoms with Gasteiger partial charge < -0.3 is 0 Å². The van der Waals surface area contributed by atoms with Crippen molar-refractivity contribution in [3.05, 3.63) is 0 Å². The van der Waals surface area contributed by atoms with Crippen molar-refractivity contribution < 1.29 is 13.2 Å². The molecule has 0 radical (unpaired) electrons. The van der Waals surface area contributed by atoms with Crippen LogP contribution in [0.2, 0.25) is 0 Å². The second kappa shape index (κ2) is 4.61. The first-order valence-corrected chi connectivity index (χ1v) is 7.31. The fraction of sp³-hybridized carbons (Fsp3) is 0.900. The summed E-state index contributed by atoms with van der Waals surface area (Å²) in [5.74, 6) is 0.455. The summed E-state index contributed by atoms with van der Waals surface area (Å²) in [7, 11) is -2.94. The Kier molecular flexibility index (Phi) is 3.89. The van der Waals surface area contributed by atoms with Crippen LogP contribution >= 0.6 is 0 Å². The van der Waals surface area contributed by atoms with Gasteiger partial charge in [-0.05, 0) is 13.8 Å². The smallest absolute Gasteiger partial charge is 0.148 e. The van der Waals surface area contributed by atoms with E-state index in [1.807, 2.05) is 13.8 Å². The molecule has 0 aromatic heterocycles. The van der Waals surface area contributed by atoms with Crippen LogP contribution in [0.3, 0.4) is 0 Å². The zero-order valence-electron chi connectivity index (χ0n) is 9.56. The summed E-state index contributed by atoms with van der Waals surface area (Å²) in [4.78, 5) is 13.3. The molecule has 1 aliphatic heterocycles. The summed E-state index contributed by atoms with van der Waals surface area (Å²) >= 11 is 0. The molecule has 1 heterocycles. The van der Waals surface area contributed by atoms with Gasteiger partial charge in [0.15, 0.2) is 0 Å². The molecule has 0 aromatic rings. The van der Waals surface area contributed by atoms with E-state index in [1.54, 1.807) is 0 Å². The molecule has 0 saturated carbocycles. The minimum atomic E-state index is -2.94. The van der Waals surface area contributed by atoms with E-state index < -0.39 is 9.84 Å². The molecular weight excluding hydrogens is 214 g/mol. The molecule has 0 bridgehead atoms. The van der Waals surface area contributed by atoms with Crippen molar-refractivity contribution in [1.29, 1.82) is 0 Å². The van der Waals surface area contributed by atoms with Crippen molar-refractivity contribution in [3.63, 3.8) is 0 Å². The number of likely N-dealkylation sites (tertiary alicyclic amines) is 1. The summed E-state index contributed by atoms with van der Waals surface area (Å²) in [6.07, 6.45) is 2.36. The maximum Gasteiger partial charge on any atom is 0.148 e. The molecule has 1 saturated heterocycles. The zero-order valence-corrected chi connectivity index (χ0v) is 10.4. The van der Waals surface area contributed by atoms with Gasteiger partial charge in [-0.3, -0.25) is 9.69 Å². The highest BCUT2D eigenvalue weighted by molar-refractivity contribution is 7.90. The Bertz CT molecular complexity index is 337. The van der Waals surface area contributed by atoms with Gasteiger partial charge in [0.1, 0.15) is 15.6 Å². The highest BCUT2D eigenvalue weighted by Crippen LogP contribution is 2.17. The molecule has 0 N–H and O–H groups in total. The maximum atomic E-state index is 11.2. The molecule has 1 fully saturated rings. The van der Waals surface area contributed by atoms with E-state index in [2.05, 4.69) is 4.90 Å². The minimum absolute atomic E-state index is 0.00287. The van der Waals surface area contributed by atoms with Crippen LogP contribution in [0.5, 0.6) is 0 Å². The molecule has 15 heavy (non-hydrogen) atoms. The highest BCUT2D eigenvalue weighted by Gasteiger charge is 2.28. The number of hydrogen-bond acceptors (Lipinski definition) is 4. The number of piperidine rings is 1. The van der Waals surface area contributed by atoms with Gasteiger partial charge in [0, 0.05) is 37.7 Å². The first-order chi connectivity index (χ1) is 6.79. The monoisotopic (exact) mass is 233 g/mol. The number of rotatable bonds is 3. The molecule has 1 rings (SSSR count). The summed E-state index contributed by atoms with van der Waals surface area (Å²) in [6.45, 7) is 4.58. The molecule has 0 aliphatic carbocycles. The molecule has 88 valence electrons. The molecule has 2 atom stereocenters. The molecule has 5 heteroatoms. The summed E-state index contributed by atoms with van der Waals surface area (Å²) < 4.78 is 22.3. The second-order valence-electron chi connectivity index (χ2n) is 4.52. The number of hydrogen-bond donors (Lipinski definition) is 0. The lowest BCUT2D eigenvalue weighted by molar-refractivity contribution is -0.123. The summed E-state index contributed by atoms with van der Waals surface area (Å²) in [5, 5.41) is 0. The Hall–Kier alpha value is -0.420. The second-order valence-corrected chi connectivity index (χ2v) is 6.71. The largest absolute Gasteiger partial charge is 0.300 e. The topological polar surface area (TPSA) is 54.5 Å². The molecule has 1 aliphatic rings. The fourth-order valence-electron chi connectivity index (χ4n) is 2.21.